The van der Waals surface area contributed by atoms with Crippen LogP contribution in [0.25, 0.3) is 22.9 Å². The molecule has 4 nitrogen and oxygen atoms in total. The summed E-state index contributed by atoms with van der Waals surface area (Å²) < 4.78 is 43.0. The third kappa shape index (κ3) is 2.80. The second-order valence-electron chi connectivity index (χ2n) is 4.33. The van der Waals surface area contributed by atoms with Crippen LogP contribution in [0.15, 0.2) is 47.0 Å². The van der Waals surface area contributed by atoms with E-state index in [2.05, 4.69) is 15.2 Å². The van der Waals surface area contributed by atoms with E-state index in [9.17, 15) is 13.2 Å². The van der Waals surface area contributed by atoms with Crippen molar-refractivity contribution in [3.8, 4) is 22.9 Å². The molecule has 22 heavy (non-hydrogen) atoms. The summed E-state index contributed by atoms with van der Waals surface area (Å²) in [4.78, 5) is 3.89. The topological polar surface area (TPSA) is 51.8 Å². The SMILES string of the molecule is FC(F)(F)c1ccc(-c2nnc(-c3cccnc3Cl)o2)cc1. The highest BCUT2D eigenvalue weighted by molar-refractivity contribution is 6.31. The zero-order valence-corrected chi connectivity index (χ0v) is 11.6. The van der Waals surface area contributed by atoms with Crippen LogP contribution in [0.4, 0.5) is 13.2 Å². The summed E-state index contributed by atoms with van der Waals surface area (Å²) in [5.41, 5.74) is 0.0906. The molecule has 3 rings (SSSR count). The Bertz CT molecular complexity index is 800. The van der Waals surface area contributed by atoms with E-state index in [1.165, 1.54) is 18.3 Å². The molecule has 0 aliphatic rings. The highest BCUT2D eigenvalue weighted by Crippen LogP contribution is 2.32. The molecule has 0 fully saturated rings. The minimum absolute atomic E-state index is 0.101. The van der Waals surface area contributed by atoms with Crippen molar-refractivity contribution in [3.05, 3.63) is 53.3 Å². The molecule has 0 N–H and O–H groups in total. The van der Waals surface area contributed by atoms with Gasteiger partial charge in [0.25, 0.3) is 5.89 Å². The molecule has 0 radical (unpaired) electrons. The summed E-state index contributed by atoms with van der Waals surface area (Å²) in [5, 5.41) is 7.84. The summed E-state index contributed by atoms with van der Waals surface area (Å²) in [6.07, 6.45) is -2.87. The Morgan fingerprint density at radius 1 is 0.955 bits per heavy atom. The number of alkyl halides is 3. The van der Waals surface area contributed by atoms with Gasteiger partial charge in [0.05, 0.1) is 11.1 Å². The maximum Gasteiger partial charge on any atom is 0.416 e. The van der Waals surface area contributed by atoms with Gasteiger partial charge in [0.1, 0.15) is 5.15 Å². The lowest BCUT2D eigenvalue weighted by atomic mass is 10.1. The van der Waals surface area contributed by atoms with Crippen molar-refractivity contribution in [1.29, 1.82) is 0 Å². The lowest BCUT2D eigenvalue weighted by Gasteiger charge is -2.05. The van der Waals surface area contributed by atoms with Gasteiger partial charge in [0, 0.05) is 11.8 Å². The van der Waals surface area contributed by atoms with Crippen LogP contribution < -0.4 is 0 Å². The van der Waals surface area contributed by atoms with E-state index in [4.69, 9.17) is 16.0 Å². The molecule has 112 valence electrons. The molecule has 2 aromatic heterocycles. The van der Waals surface area contributed by atoms with Gasteiger partial charge >= 0.3 is 6.18 Å². The smallest absolute Gasteiger partial charge is 0.416 e. The molecule has 0 saturated carbocycles. The standard InChI is InChI=1S/C14H7ClF3N3O/c15-11-10(2-1-7-19-11)13-21-20-12(22-13)8-3-5-9(6-4-8)14(16,17)18/h1-7H. The lowest BCUT2D eigenvalue weighted by molar-refractivity contribution is -0.137. The Hall–Kier alpha value is -2.41. The third-order valence-corrected chi connectivity index (χ3v) is 3.17. The van der Waals surface area contributed by atoms with Gasteiger partial charge in [-0.2, -0.15) is 13.2 Å². The first kappa shape index (κ1) is 14.5. The Labute approximate surface area is 127 Å². The van der Waals surface area contributed by atoms with Crippen molar-refractivity contribution in [2.24, 2.45) is 0 Å². The van der Waals surface area contributed by atoms with Crippen molar-refractivity contribution in [2.45, 2.75) is 6.18 Å². The molecule has 0 saturated heterocycles. The van der Waals surface area contributed by atoms with Gasteiger partial charge in [-0.25, -0.2) is 4.98 Å². The van der Waals surface area contributed by atoms with Crippen LogP contribution >= 0.6 is 11.6 Å². The van der Waals surface area contributed by atoms with Gasteiger partial charge in [-0.15, -0.1) is 10.2 Å². The molecule has 0 spiro atoms. The number of rotatable bonds is 2. The molecule has 3 aromatic rings. The van der Waals surface area contributed by atoms with Crippen molar-refractivity contribution < 1.29 is 17.6 Å². The fourth-order valence-electron chi connectivity index (χ4n) is 1.80. The van der Waals surface area contributed by atoms with E-state index >= 15 is 0 Å². The number of halogens is 4. The Kier molecular flexibility index (Phi) is 3.58. The number of nitrogens with zero attached hydrogens (tertiary/aromatic N) is 3. The fourth-order valence-corrected chi connectivity index (χ4v) is 2.00. The van der Waals surface area contributed by atoms with E-state index in [0.717, 1.165) is 12.1 Å². The normalized spacial score (nSPS) is 11.6. The molecule has 8 heteroatoms. The van der Waals surface area contributed by atoms with E-state index in [-0.39, 0.29) is 16.9 Å². The van der Waals surface area contributed by atoms with Gasteiger partial charge < -0.3 is 4.42 Å². The molecule has 0 bridgehead atoms. The molecule has 0 amide bonds. The Morgan fingerprint density at radius 2 is 1.64 bits per heavy atom. The van der Waals surface area contributed by atoms with Crippen molar-refractivity contribution in [1.82, 2.24) is 15.2 Å². The van der Waals surface area contributed by atoms with Crippen LogP contribution in [-0.2, 0) is 6.18 Å². The first-order chi connectivity index (χ1) is 10.4. The predicted octanol–water partition coefficient (Wildman–Crippen LogP) is 4.47. The first-order valence-corrected chi connectivity index (χ1v) is 6.45. The second-order valence-corrected chi connectivity index (χ2v) is 4.69. The number of aromatic nitrogens is 3. The second kappa shape index (κ2) is 5.42. The lowest BCUT2D eigenvalue weighted by Crippen LogP contribution is -2.03. The predicted molar refractivity (Wildman–Crippen MR) is 73.0 cm³/mol. The van der Waals surface area contributed by atoms with Crippen LogP contribution in [0, 0.1) is 0 Å². The van der Waals surface area contributed by atoms with E-state index in [0.29, 0.717) is 11.1 Å². The maximum absolute atomic E-state index is 12.5. The minimum Gasteiger partial charge on any atom is -0.416 e. The molecule has 0 aliphatic heterocycles. The average molecular weight is 326 g/mol. The molecule has 0 unspecified atom stereocenters. The minimum atomic E-state index is -4.39. The number of pyridine rings is 1. The van der Waals surface area contributed by atoms with E-state index < -0.39 is 11.7 Å². The maximum atomic E-state index is 12.5. The fraction of sp³-hybridized carbons (Fsp3) is 0.0714. The van der Waals surface area contributed by atoms with E-state index in [1.807, 2.05) is 0 Å². The summed E-state index contributed by atoms with van der Waals surface area (Å²) in [6, 6.07) is 7.75. The van der Waals surface area contributed by atoms with Gasteiger partial charge in [-0.05, 0) is 36.4 Å². The van der Waals surface area contributed by atoms with Gasteiger partial charge in [-0.1, -0.05) is 11.6 Å². The van der Waals surface area contributed by atoms with E-state index in [1.54, 1.807) is 12.1 Å². The quantitative estimate of drug-likeness (QED) is 0.652. The molecular formula is C14H7ClF3N3O. The summed E-state index contributed by atoms with van der Waals surface area (Å²) in [6.45, 7) is 0. The molecular weight excluding hydrogens is 319 g/mol. The van der Waals surface area contributed by atoms with Crippen LogP contribution in [0.2, 0.25) is 5.15 Å². The van der Waals surface area contributed by atoms with Crippen molar-refractivity contribution >= 4 is 11.6 Å². The van der Waals surface area contributed by atoms with Crippen molar-refractivity contribution in [3.63, 3.8) is 0 Å². The Balaban J connectivity index is 1.93. The van der Waals surface area contributed by atoms with Crippen LogP contribution in [0.5, 0.6) is 0 Å². The number of benzene rings is 1. The zero-order chi connectivity index (χ0) is 15.7. The van der Waals surface area contributed by atoms with Gasteiger partial charge in [-0.3, -0.25) is 0 Å². The molecule has 0 atom stereocenters. The van der Waals surface area contributed by atoms with Crippen LogP contribution in [0.3, 0.4) is 0 Å². The Morgan fingerprint density at radius 3 is 2.27 bits per heavy atom. The molecule has 0 aliphatic carbocycles. The van der Waals surface area contributed by atoms with Gasteiger partial charge in [0.15, 0.2) is 0 Å². The molecule has 2 heterocycles. The molecule has 1 aromatic carbocycles. The van der Waals surface area contributed by atoms with Crippen LogP contribution in [-0.4, -0.2) is 15.2 Å². The summed E-state index contributed by atoms with van der Waals surface area (Å²) in [7, 11) is 0. The monoisotopic (exact) mass is 325 g/mol. The van der Waals surface area contributed by atoms with Gasteiger partial charge in [0.2, 0.25) is 5.89 Å². The highest BCUT2D eigenvalue weighted by Gasteiger charge is 2.30. The summed E-state index contributed by atoms with van der Waals surface area (Å²) in [5.74, 6) is 0.247. The number of hydrogen-bond acceptors (Lipinski definition) is 4. The number of hydrogen-bond donors (Lipinski definition) is 0. The van der Waals surface area contributed by atoms with Crippen molar-refractivity contribution in [2.75, 3.05) is 0 Å². The van der Waals surface area contributed by atoms with Crippen LogP contribution in [0.1, 0.15) is 5.56 Å². The largest absolute Gasteiger partial charge is 0.416 e. The highest BCUT2D eigenvalue weighted by atomic mass is 35.5. The first-order valence-electron chi connectivity index (χ1n) is 6.07. The third-order valence-electron chi connectivity index (χ3n) is 2.87. The average Bonchev–Trinajstić information content (AvgIpc) is 2.96. The zero-order valence-electron chi connectivity index (χ0n) is 10.8. The summed E-state index contributed by atoms with van der Waals surface area (Å²) >= 11 is 5.92.